The minimum absolute atomic E-state index is 0.186. The van der Waals surface area contributed by atoms with Gasteiger partial charge in [0, 0.05) is 42.8 Å². The van der Waals surface area contributed by atoms with E-state index in [9.17, 15) is 14.4 Å². The number of rotatable bonds is 12. The molecule has 3 aromatic rings. The molecule has 0 fully saturated rings. The zero-order valence-electron chi connectivity index (χ0n) is 21.0. The van der Waals surface area contributed by atoms with Crippen LogP contribution in [0.3, 0.4) is 0 Å². The number of carbonyl (C=O) groups excluding carboxylic acids is 3. The number of carbonyl (C=O) groups is 3. The summed E-state index contributed by atoms with van der Waals surface area (Å²) < 4.78 is 5.38. The van der Waals surface area contributed by atoms with Crippen molar-refractivity contribution < 1.29 is 19.1 Å². The quantitative estimate of drug-likeness (QED) is 0.340. The first-order chi connectivity index (χ1) is 17.4. The molecular weight excluding hydrogens is 474 g/mol. The van der Waals surface area contributed by atoms with Crippen molar-refractivity contribution >= 4 is 34.7 Å². The molecule has 2 N–H and O–H groups in total. The van der Waals surface area contributed by atoms with Crippen LogP contribution in [0.2, 0.25) is 0 Å². The molecule has 0 aliphatic rings. The molecule has 2 aromatic carbocycles. The van der Waals surface area contributed by atoms with Crippen molar-refractivity contribution in [2.24, 2.45) is 0 Å². The van der Waals surface area contributed by atoms with Crippen LogP contribution in [0, 0.1) is 6.92 Å². The first-order valence-corrected chi connectivity index (χ1v) is 12.9. The Morgan fingerprint density at radius 1 is 1.03 bits per heavy atom. The Kier molecular flexibility index (Phi) is 10.2. The van der Waals surface area contributed by atoms with Crippen molar-refractivity contribution in [3.63, 3.8) is 0 Å². The van der Waals surface area contributed by atoms with Crippen LogP contribution < -0.4 is 10.6 Å². The van der Waals surface area contributed by atoms with Crippen molar-refractivity contribution in [2.45, 2.75) is 39.8 Å². The van der Waals surface area contributed by atoms with Crippen LogP contribution in [-0.4, -0.2) is 42.4 Å². The van der Waals surface area contributed by atoms with Crippen molar-refractivity contribution in [2.75, 3.05) is 25.1 Å². The number of thiophene rings is 1. The maximum absolute atomic E-state index is 13.8. The van der Waals surface area contributed by atoms with E-state index in [1.807, 2.05) is 55.6 Å². The fourth-order valence-electron chi connectivity index (χ4n) is 3.76. The molecule has 0 saturated carbocycles. The standard InChI is InChI=1S/C28H33N3O4S/c1-4-35-17-6-16-29-27(33)26(22-10-8-20(2)9-11-22)31(19-25-7-5-18-36-25)28(34)23-12-14-24(15-13-23)30-21(3)32/h5,7-15,18,26H,4,6,16-17,19H2,1-3H3,(H,29,33)(H,30,32)/t26-/m0/s1. The molecule has 3 rings (SSSR count). The van der Waals surface area contributed by atoms with Gasteiger partial charge in [-0.05, 0) is 61.5 Å². The van der Waals surface area contributed by atoms with Gasteiger partial charge in [0.05, 0.1) is 6.54 Å². The van der Waals surface area contributed by atoms with Crippen molar-refractivity contribution in [1.29, 1.82) is 0 Å². The predicted molar refractivity (Wildman–Crippen MR) is 143 cm³/mol. The van der Waals surface area contributed by atoms with Gasteiger partial charge in [0.25, 0.3) is 5.91 Å². The molecule has 36 heavy (non-hydrogen) atoms. The predicted octanol–water partition coefficient (Wildman–Crippen LogP) is 4.94. The van der Waals surface area contributed by atoms with Crippen molar-refractivity contribution in [1.82, 2.24) is 10.2 Å². The Hall–Kier alpha value is -3.49. The highest BCUT2D eigenvalue weighted by atomic mass is 32.1. The summed E-state index contributed by atoms with van der Waals surface area (Å²) in [6.45, 7) is 7.28. The zero-order valence-corrected chi connectivity index (χ0v) is 21.8. The van der Waals surface area contributed by atoms with Crippen LogP contribution >= 0.6 is 11.3 Å². The summed E-state index contributed by atoms with van der Waals surface area (Å²) in [4.78, 5) is 41.4. The summed E-state index contributed by atoms with van der Waals surface area (Å²) in [5, 5.41) is 7.66. The Morgan fingerprint density at radius 2 is 1.75 bits per heavy atom. The molecule has 1 heterocycles. The van der Waals surface area contributed by atoms with Gasteiger partial charge in [-0.2, -0.15) is 0 Å². The summed E-state index contributed by atoms with van der Waals surface area (Å²) in [6, 6.07) is 17.5. The Labute approximate surface area is 216 Å². The number of hydrogen-bond acceptors (Lipinski definition) is 5. The number of nitrogens with one attached hydrogen (secondary N) is 2. The minimum atomic E-state index is -0.817. The molecule has 190 valence electrons. The normalized spacial score (nSPS) is 11.5. The molecule has 8 heteroatoms. The second-order valence-corrected chi connectivity index (χ2v) is 9.46. The van der Waals surface area contributed by atoms with Gasteiger partial charge in [0.2, 0.25) is 11.8 Å². The van der Waals surface area contributed by atoms with E-state index in [1.165, 1.54) is 18.3 Å². The average molecular weight is 508 g/mol. The van der Waals surface area contributed by atoms with E-state index in [1.54, 1.807) is 29.2 Å². The molecule has 0 saturated heterocycles. The maximum Gasteiger partial charge on any atom is 0.255 e. The van der Waals surface area contributed by atoms with Crippen LogP contribution in [0.4, 0.5) is 5.69 Å². The van der Waals surface area contributed by atoms with Gasteiger partial charge in [0.1, 0.15) is 6.04 Å². The lowest BCUT2D eigenvalue weighted by molar-refractivity contribution is -0.126. The van der Waals surface area contributed by atoms with E-state index < -0.39 is 6.04 Å². The first kappa shape index (κ1) is 27.1. The largest absolute Gasteiger partial charge is 0.382 e. The number of benzene rings is 2. The van der Waals surface area contributed by atoms with E-state index in [4.69, 9.17) is 4.74 Å². The number of nitrogens with zero attached hydrogens (tertiary/aromatic N) is 1. The van der Waals surface area contributed by atoms with Gasteiger partial charge in [0.15, 0.2) is 0 Å². The van der Waals surface area contributed by atoms with Crippen molar-refractivity contribution in [3.8, 4) is 0 Å². The number of ether oxygens (including phenoxy) is 1. The van der Waals surface area contributed by atoms with Gasteiger partial charge in [-0.15, -0.1) is 11.3 Å². The molecule has 3 amide bonds. The Bertz CT molecular complexity index is 1130. The molecule has 0 bridgehead atoms. The fourth-order valence-corrected chi connectivity index (χ4v) is 4.47. The zero-order chi connectivity index (χ0) is 25.9. The van der Waals surface area contributed by atoms with E-state index in [2.05, 4.69) is 10.6 Å². The molecule has 1 atom stereocenters. The SMILES string of the molecule is CCOCCCNC(=O)[C@H](c1ccc(C)cc1)N(Cc1cccs1)C(=O)c1ccc(NC(C)=O)cc1. The summed E-state index contributed by atoms with van der Waals surface area (Å²) in [5.74, 6) is -0.697. The molecule has 7 nitrogen and oxygen atoms in total. The lowest BCUT2D eigenvalue weighted by Crippen LogP contribution is -2.43. The highest BCUT2D eigenvalue weighted by Gasteiger charge is 2.32. The molecule has 0 aliphatic carbocycles. The molecular formula is C28H33N3O4S. The first-order valence-electron chi connectivity index (χ1n) is 12.0. The maximum atomic E-state index is 13.8. The van der Waals surface area contributed by atoms with Gasteiger partial charge in [-0.25, -0.2) is 0 Å². The summed E-state index contributed by atoms with van der Waals surface area (Å²) >= 11 is 1.54. The monoisotopic (exact) mass is 507 g/mol. The molecule has 1 aromatic heterocycles. The van der Waals surface area contributed by atoms with Gasteiger partial charge in [-0.1, -0.05) is 35.9 Å². The summed E-state index contributed by atoms with van der Waals surface area (Å²) in [7, 11) is 0. The molecule has 0 aliphatic heterocycles. The van der Waals surface area contributed by atoms with Crippen LogP contribution in [0.5, 0.6) is 0 Å². The van der Waals surface area contributed by atoms with Crippen LogP contribution in [-0.2, 0) is 20.9 Å². The lowest BCUT2D eigenvalue weighted by atomic mass is 10.0. The third-order valence-corrected chi connectivity index (χ3v) is 6.40. The highest BCUT2D eigenvalue weighted by Crippen LogP contribution is 2.28. The average Bonchev–Trinajstić information content (AvgIpc) is 3.37. The number of hydrogen-bond donors (Lipinski definition) is 2. The number of anilines is 1. The van der Waals surface area contributed by atoms with Gasteiger partial charge in [-0.3, -0.25) is 14.4 Å². The number of amides is 3. The smallest absolute Gasteiger partial charge is 0.255 e. The third-order valence-electron chi connectivity index (χ3n) is 5.54. The Balaban J connectivity index is 1.94. The van der Waals surface area contributed by atoms with E-state index >= 15 is 0 Å². The van der Waals surface area contributed by atoms with Crippen LogP contribution in [0.25, 0.3) is 0 Å². The molecule has 0 radical (unpaired) electrons. The fraction of sp³-hybridized carbons (Fsp3) is 0.321. The lowest BCUT2D eigenvalue weighted by Gasteiger charge is -2.31. The third kappa shape index (κ3) is 7.76. The second kappa shape index (κ2) is 13.6. The molecule has 0 spiro atoms. The summed E-state index contributed by atoms with van der Waals surface area (Å²) in [6.07, 6.45) is 0.684. The highest BCUT2D eigenvalue weighted by molar-refractivity contribution is 7.09. The topological polar surface area (TPSA) is 87.7 Å². The van der Waals surface area contributed by atoms with E-state index in [0.717, 1.165) is 16.0 Å². The van der Waals surface area contributed by atoms with Crippen molar-refractivity contribution in [3.05, 3.63) is 87.6 Å². The summed E-state index contributed by atoms with van der Waals surface area (Å²) in [5.41, 5.74) is 2.84. The van der Waals surface area contributed by atoms with Crippen LogP contribution in [0.1, 0.15) is 52.7 Å². The molecule has 0 unspecified atom stereocenters. The van der Waals surface area contributed by atoms with Gasteiger partial charge >= 0.3 is 0 Å². The number of aryl methyl sites for hydroxylation is 1. The van der Waals surface area contributed by atoms with E-state index in [-0.39, 0.29) is 24.3 Å². The Morgan fingerprint density at radius 3 is 2.36 bits per heavy atom. The van der Waals surface area contributed by atoms with Gasteiger partial charge < -0.3 is 20.3 Å². The van der Waals surface area contributed by atoms with E-state index in [0.29, 0.717) is 37.4 Å². The second-order valence-electron chi connectivity index (χ2n) is 8.43. The van der Waals surface area contributed by atoms with Crippen LogP contribution in [0.15, 0.2) is 66.0 Å². The minimum Gasteiger partial charge on any atom is -0.382 e.